The molecule has 3 rings (SSSR count). The average Bonchev–Trinajstić information content (AvgIpc) is 3.17. The predicted molar refractivity (Wildman–Crippen MR) is 83.8 cm³/mol. The molecule has 1 aromatic heterocycles. The van der Waals surface area contributed by atoms with Gasteiger partial charge in [-0.1, -0.05) is 30.3 Å². The van der Waals surface area contributed by atoms with Crippen LogP contribution >= 0.6 is 11.3 Å². The molecule has 1 aromatic carbocycles. The number of rotatable bonds is 4. The van der Waals surface area contributed by atoms with Gasteiger partial charge in [-0.25, -0.2) is 4.98 Å². The molecule has 2 atom stereocenters. The van der Waals surface area contributed by atoms with Crippen molar-refractivity contribution < 1.29 is 14.7 Å². The summed E-state index contributed by atoms with van der Waals surface area (Å²) in [7, 11) is 0. The Balaban J connectivity index is 1.64. The molecule has 1 saturated carbocycles. The first kappa shape index (κ1) is 14.7. The van der Waals surface area contributed by atoms with Crippen LogP contribution in [0.25, 0.3) is 10.6 Å². The Morgan fingerprint density at radius 1 is 1.23 bits per heavy atom. The van der Waals surface area contributed by atoms with Crippen molar-refractivity contribution in [1.82, 2.24) is 10.3 Å². The van der Waals surface area contributed by atoms with Crippen molar-refractivity contribution in [2.24, 2.45) is 5.92 Å². The van der Waals surface area contributed by atoms with Gasteiger partial charge in [0.1, 0.15) is 9.88 Å². The lowest BCUT2D eigenvalue weighted by Crippen LogP contribution is -2.32. The van der Waals surface area contributed by atoms with Crippen molar-refractivity contribution in [3.05, 3.63) is 41.4 Å². The third-order valence-corrected chi connectivity index (χ3v) is 4.91. The van der Waals surface area contributed by atoms with E-state index in [0.29, 0.717) is 24.1 Å². The number of amides is 1. The smallest absolute Gasteiger partial charge is 0.306 e. The maximum absolute atomic E-state index is 12.2. The van der Waals surface area contributed by atoms with Gasteiger partial charge >= 0.3 is 5.97 Å². The van der Waals surface area contributed by atoms with Crippen molar-refractivity contribution in [3.63, 3.8) is 0 Å². The highest BCUT2D eigenvalue weighted by Gasteiger charge is 2.30. The van der Waals surface area contributed by atoms with Gasteiger partial charge in [0.25, 0.3) is 5.91 Å². The van der Waals surface area contributed by atoms with Crippen LogP contribution in [0.2, 0.25) is 0 Å². The van der Waals surface area contributed by atoms with Gasteiger partial charge in [-0.3, -0.25) is 9.59 Å². The molecule has 1 aliphatic rings. The fourth-order valence-electron chi connectivity index (χ4n) is 2.69. The molecule has 22 heavy (non-hydrogen) atoms. The standard InChI is InChI=1S/C16H16N2O3S/c19-14(18-12-7-6-11(8-12)16(20)21)13-9-17-15(22-13)10-4-2-1-3-5-10/h1-5,9,11-12H,6-8H2,(H,18,19)(H,20,21)/t11-,12+/m1/s1. The Kier molecular flexibility index (Phi) is 4.20. The lowest BCUT2D eigenvalue weighted by atomic mass is 10.1. The number of hydrogen-bond acceptors (Lipinski definition) is 4. The van der Waals surface area contributed by atoms with Crippen LogP contribution in [0.4, 0.5) is 0 Å². The molecule has 0 radical (unpaired) electrons. The van der Waals surface area contributed by atoms with Crippen LogP contribution in [0.3, 0.4) is 0 Å². The lowest BCUT2D eigenvalue weighted by molar-refractivity contribution is -0.141. The Morgan fingerprint density at radius 3 is 2.68 bits per heavy atom. The van der Waals surface area contributed by atoms with E-state index in [1.807, 2.05) is 30.3 Å². The number of carbonyl (C=O) groups excluding carboxylic acids is 1. The highest BCUT2D eigenvalue weighted by Crippen LogP contribution is 2.27. The van der Waals surface area contributed by atoms with E-state index in [2.05, 4.69) is 10.3 Å². The first-order chi connectivity index (χ1) is 10.6. The number of hydrogen-bond donors (Lipinski definition) is 2. The zero-order valence-electron chi connectivity index (χ0n) is 11.9. The van der Waals surface area contributed by atoms with Crippen LogP contribution in [-0.2, 0) is 4.79 Å². The molecule has 5 nitrogen and oxygen atoms in total. The van der Waals surface area contributed by atoms with E-state index < -0.39 is 5.97 Å². The summed E-state index contributed by atoms with van der Waals surface area (Å²) in [5, 5.41) is 12.7. The Labute approximate surface area is 132 Å². The lowest BCUT2D eigenvalue weighted by Gasteiger charge is -2.10. The summed E-state index contributed by atoms with van der Waals surface area (Å²) in [4.78, 5) is 28.0. The van der Waals surface area contributed by atoms with Crippen LogP contribution in [0.1, 0.15) is 28.9 Å². The zero-order valence-corrected chi connectivity index (χ0v) is 12.7. The predicted octanol–water partition coefficient (Wildman–Crippen LogP) is 2.79. The molecule has 0 unspecified atom stereocenters. The van der Waals surface area contributed by atoms with Crippen LogP contribution in [0, 0.1) is 5.92 Å². The maximum atomic E-state index is 12.2. The minimum absolute atomic E-state index is 0.0594. The molecule has 2 N–H and O–H groups in total. The van der Waals surface area contributed by atoms with Gasteiger partial charge < -0.3 is 10.4 Å². The van der Waals surface area contributed by atoms with Crippen LogP contribution in [0.15, 0.2) is 36.5 Å². The van der Waals surface area contributed by atoms with Gasteiger partial charge in [0.05, 0.1) is 12.1 Å². The molecular formula is C16H16N2O3S. The number of benzene rings is 1. The van der Waals surface area contributed by atoms with Crippen molar-refractivity contribution in [3.8, 4) is 10.6 Å². The number of thiazole rings is 1. The zero-order chi connectivity index (χ0) is 15.5. The summed E-state index contributed by atoms with van der Waals surface area (Å²) in [6.45, 7) is 0. The number of carboxylic acid groups (broad SMARTS) is 1. The second kappa shape index (κ2) is 6.27. The van der Waals surface area contributed by atoms with E-state index in [9.17, 15) is 9.59 Å². The summed E-state index contributed by atoms with van der Waals surface area (Å²) in [6.07, 6.45) is 3.42. The summed E-state index contributed by atoms with van der Waals surface area (Å²) >= 11 is 1.35. The third-order valence-electron chi connectivity index (χ3n) is 3.87. The SMILES string of the molecule is O=C(N[C@H]1CC[C@@H](C(=O)O)C1)c1cnc(-c2ccccc2)s1. The highest BCUT2D eigenvalue weighted by atomic mass is 32.1. The van der Waals surface area contributed by atoms with E-state index in [1.54, 1.807) is 6.20 Å². The summed E-state index contributed by atoms with van der Waals surface area (Å²) < 4.78 is 0. The number of carbonyl (C=O) groups is 2. The van der Waals surface area contributed by atoms with Crippen LogP contribution in [0.5, 0.6) is 0 Å². The number of aromatic nitrogens is 1. The topological polar surface area (TPSA) is 79.3 Å². The van der Waals surface area contributed by atoms with Gasteiger partial charge in [-0.2, -0.15) is 0 Å². The minimum atomic E-state index is -0.777. The molecule has 114 valence electrons. The van der Waals surface area contributed by atoms with Crippen molar-refractivity contribution >= 4 is 23.2 Å². The Morgan fingerprint density at radius 2 is 2.00 bits per heavy atom. The van der Waals surface area contributed by atoms with E-state index >= 15 is 0 Å². The molecule has 0 aliphatic heterocycles. The largest absolute Gasteiger partial charge is 0.481 e. The second-order valence-electron chi connectivity index (χ2n) is 5.41. The van der Waals surface area contributed by atoms with Crippen molar-refractivity contribution in [1.29, 1.82) is 0 Å². The molecule has 0 spiro atoms. The molecule has 1 aliphatic carbocycles. The second-order valence-corrected chi connectivity index (χ2v) is 6.44. The normalized spacial score (nSPS) is 20.7. The summed E-state index contributed by atoms with van der Waals surface area (Å²) in [5.41, 5.74) is 0.985. The molecule has 1 amide bonds. The maximum Gasteiger partial charge on any atom is 0.306 e. The van der Waals surface area contributed by atoms with Crippen LogP contribution in [-0.4, -0.2) is 28.0 Å². The number of aliphatic carboxylic acids is 1. The molecule has 1 heterocycles. The van der Waals surface area contributed by atoms with Gasteiger partial charge in [-0.05, 0) is 19.3 Å². The van der Waals surface area contributed by atoms with Gasteiger partial charge in [0.2, 0.25) is 0 Å². The molecule has 6 heteroatoms. The molecule has 0 bridgehead atoms. The third kappa shape index (κ3) is 3.17. The van der Waals surface area contributed by atoms with Crippen molar-refractivity contribution in [2.75, 3.05) is 0 Å². The first-order valence-electron chi connectivity index (χ1n) is 7.18. The monoisotopic (exact) mass is 316 g/mol. The molecule has 0 saturated heterocycles. The van der Waals surface area contributed by atoms with Crippen molar-refractivity contribution in [2.45, 2.75) is 25.3 Å². The minimum Gasteiger partial charge on any atom is -0.481 e. The van der Waals surface area contributed by atoms with Gasteiger partial charge in [-0.15, -0.1) is 11.3 Å². The molecular weight excluding hydrogens is 300 g/mol. The number of nitrogens with zero attached hydrogens (tertiary/aromatic N) is 1. The summed E-state index contributed by atoms with van der Waals surface area (Å²) in [6, 6.07) is 9.64. The quantitative estimate of drug-likeness (QED) is 0.909. The Hall–Kier alpha value is -2.21. The Bertz CT molecular complexity index is 684. The number of nitrogens with one attached hydrogen (secondary N) is 1. The van der Waals surface area contributed by atoms with Crippen LogP contribution < -0.4 is 5.32 Å². The van der Waals surface area contributed by atoms with E-state index in [-0.39, 0.29) is 17.9 Å². The molecule has 1 fully saturated rings. The van der Waals surface area contributed by atoms with E-state index in [1.165, 1.54) is 11.3 Å². The number of carboxylic acids is 1. The van der Waals surface area contributed by atoms with E-state index in [4.69, 9.17) is 5.11 Å². The highest BCUT2D eigenvalue weighted by molar-refractivity contribution is 7.16. The van der Waals surface area contributed by atoms with Gasteiger partial charge in [0.15, 0.2) is 0 Å². The fourth-order valence-corrected chi connectivity index (χ4v) is 3.51. The fraction of sp³-hybridized carbons (Fsp3) is 0.312. The average molecular weight is 316 g/mol. The summed E-state index contributed by atoms with van der Waals surface area (Å²) in [5.74, 6) is -1.29. The first-order valence-corrected chi connectivity index (χ1v) is 8.00. The molecule has 2 aromatic rings. The van der Waals surface area contributed by atoms with E-state index in [0.717, 1.165) is 10.6 Å². The van der Waals surface area contributed by atoms with Gasteiger partial charge in [0, 0.05) is 11.6 Å².